The van der Waals surface area contributed by atoms with Gasteiger partial charge in [-0.15, -0.1) is 0 Å². The highest BCUT2D eigenvalue weighted by atomic mass is 16.5. The summed E-state index contributed by atoms with van der Waals surface area (Å²) in [4.78, 5) is 20.7. The summed E-state index contributed by atoms with van der Waals surface area (Å²) in [6, 6.07) is 8.26. The topological polar surface area (TPSA) is 66.4 Å². The molecule has 3 unspecified atom stereocenters. The van der Waals surface area contributed by atoms with Crippen molar-refractivity contribution in [2.45, 2.75) is 13.0 Å². The molecule has 1 aliphatic heterocycles. The van der Waals surface area contributed by atoms with E-state index >= 15 is 0 Å². The largest absolute Gasteiger partial charge is 0.497 e. The van der Waals surface area contributed by atoms with Gasteiger partial charge in [0.15, 0.2) is 5.96 Å². The van der Waals surface area contributed by atoms with Crippen molar-refractivity contribution >= 4 is 11.9 Å². The van der Waals surface area contributed by atoms with Crippen molar-refractivity contribution in [2.24, 2.45) is 16.8 Å². The highest BCUT2D eigenvalue weighted by molar-refractivity contribution is 5.82. The standard InChI is InChI=1S/C20H32N4O3/c1-14-12-24(13-17(14)19(25)27-6)20(21-2)22-11-18(23(3)4)15-8-7-9-16(10-15)26-5/h7-10,14,17-18H,11-13H2,1-6H3,(H,21,22). The lowest BCUT2D eigenvalue weighted by Gasteiger charge is -2.28. The third-order valence-corrected chi connectivity index (χ3v) is 5.18. The van der Waals surface area contributed by atoms with Crippen molar-refractivity contribution in [3.05, 3.63) is 29.8 Å². The Morgan fingerprint density at radius 1 is 1.37 bits per heavy atom. The molecule has 0 spiro atoms. The molecule has 0 aromatic heterocycles. The fourth-order valence-corrected chi connectivity index (χ4v) is 3.57. The summed E-state index contributed by atoms with van der Waals surface area (Å²) in [5.74, 6) is 1.62. The number of benzene rings is 1. The molecule has 7 nitrogen and oxygen atoms in total. The van der Waals surface area contributed by atoms with Gasteiger partial charge in [0.1, 0.15) is 5.75 Å². The molecule has 150 valence electrons. The summed E-state index contributed by atoms with van der Waals surface area (Å²) >= 11 is 0. The van der Waals surface area contributed by atoms with E-state index in [1.54, 1.807) is 14.2 Å². The molecule has 1 aromatic rings. The van der Waals surface area contributed by atoms with Gasteiger partial charge in [-0.3, -0.25) is 9.79 Å². The molecule has 27 heavy (non-hydrogen) atoms. The predicted octanol–water partition coefficient (Wildman–Crippen LogP) is 1.61. The fourth-order valence-electron chi connectivity index (χ4n) is 3.57. The maximum absolute atomic E-state index is 12.0. The fraction of sp³-hybridized carbons (Fsp3) is 0.600. The third kappa shape index (κ3) is 5.13. The Balaban J connectivity index is 2.06. The van der Waals surface area contributed by atoms with E-state index in [9.17, 15) is 4.79 Å². The number of likely N-dealkylation sites (tertiary alicyclic amines) is 1. The molecule has 2 rings (SSSR count). The minimum absolute atomic E-state index is 0.114. The third-order valence-electron chi connectivity index (χ3n) is 5.18. The molecule has 1 heterocycles. The van der Waals surface area contributed by atoms with Crippen molar-refractivity contribution in [3.8, 4) is 5.75 Å². The number of likely N-dealkylation sites (N-methyl/N-ethyl adjacent to an activating group) is 1. The van der Waals surface area contributed by atoms with Gasteiger partial charge in [0.25, 0.3) is 0 Å². The quantitative estimate of drug-likeness (QED) is 0.462. The first-order chi connectivity index (χ1) is 12.9. The van der Waals surface area contributed by atoms with Gasteiger partial charge in [0, 0.05) is 26.7 Å². The summed E-state index contributed by atoms with van der Waals surface area (Å²) in [6.07, 6.45) is 0. The zero-order valence-corrected chi connectivity index (χ0v) is 17.2. The molecular weight excluding hydrogens is 344 g/mol. The highest BCUT2D eigenvalue weighted by Crippen LogP contribution is 2.25. The number of methoxy groups -OCH3 is 2. The second-order valence-corrected chi connectivity index (χ2v) is 7.20. The summed E-state index contributed by atoms with van der Waals surface area (Å²) in [5, 5.41) is 3.47. The first-order valence-corrected chi connectivity index (χ1v) is 9.25. The van der Waals surface area contributed by atoms with Crippen molar-refractivity contribution in [1.29, 1.82) is 0 Å². The molecule has 1 aliphatic rings. The lowest BCUT2D eigenvalue weighted by atomic mass is 9.99. The summed E-state index contributed by atoms with van der Waals surface area (Å²) < 4.78 is 10.3. The number of esters is 1. The molecule has 1 saturated heterocycles. The van der Waals surface area contributed by atoms with E-state index in [0.29, 0.717) is 13.1 Å². The molecule has 1 N–H and O–H groups in total. The van der Waals surface area contributed by atoms with Gasteiger partial charge in [-0.05, 0) is 37.7 Å². The molecule has 0 radical (unpaired) electrons. The molecule has 0 amide bonds. The van der Waals surface area contributed by atoms with E-state index in [-0.39, 0.29) is 23.8 Å². The number of carbonyl (C=O) groups is 1. The minimum Gasteiger partial charge on any atom is -0.497 e. The van der Waals surface area contributed by atoms with Crippen molar-refractivity contribution in [2.75, 3.05) is 55.0 Å². The lowest BCUT2D eigenvalue weighted by molar-refractivity contribution is -0.145. The van der Waals surface area contributed by atoms with Crippen LogP contribution in [0.3, 0.4) is 0 Å². The Morgan fingerprint density at radius 3 is 2.70 bits per heavy atom. The van der Waals surface area contributed by atoms with Gasteiger partial charge in [0.2, 0.25) is 0 Å². The molecule has 1 aromatic carbocycles. The van der Waals surface area contributed by atoms with E-state index in [4.69, 9.17) is 9.47 Å². The van der Waals surface area contributed by atoms with E-state index in [0.717, 1.165) is 18.3 Å². The van der Waals surface area contributed by atoms with Crippen LogP contribution in [0, 0.1) is 11.8 Å². The number of nitrogens with zero attached hydrogens (tertiary/aromatic N) is 3. The van der Waals surface area contributed by atoms with Crippen LogP contribution >= 0.6 is 0 Å². The number of nitrogens with one attached hydrogen (secondary N) is 1. The second-order valence-electron chi connectivity index (χ2n) is 7.20. The Hall–Kier alpha value is -2.28. The number of hydrogen-bond donors (Lipinski definition) is 1. The van der Waals surface area contributed by atoms with E-state index in [1.165, 1.54) is 12.7 Å². The first kappa shape index (κ1) is 21.0. The Kier molecular flexibility index (Phi) is 7.47. The number of carbonyl (C=O) groups excluding carboxylic acids is 1. The lowest BCUT2D eigenvalue weighted by Crippen LogP contribution is -2.43. The number of aliphatic imine (C=N–C) groups is 1. The molecule has 7 heteroatoms. The smallest absolute Gasteiger partial charge is 0.310 e. The van der Waals surface area contributed by atoms with E-state index in [2.05, 4.69) is 53.3 Å². The normalized spacial score (nSPS) is 21.3. The zero-order chi connectivity index (χ0) is 20.0. The molecule has 0 saturated carbocycles. The van der Waals surface area contributed by atoms with Gasteiger partial charge >= 0.3 is 5.97 Å². The Labute approximate surface area is 162 Å². The van der Waals surface area contributed by atoms with Crippen LogP contribution in [-0.4, -0.2) is 76.7 Å². The van der Waals surface area contributed by atoms with Gasteiger partial charge in [-0.2, -0.15) is 0 Å². The van der Waals surface area contributed by atoms with Crippen molar-refractivity contribution in [1.82, 2.24) is 15.1 Å². The second kappa shape index (κ2) is 9.60. The van der Waals surface area contributed by atoms with Gasteiger partial charge in [-0.1, -0.05) is 19.1 Å². The molecule has 0 bridgehead atoms. The van der Waals surface area contributed by atoms with Crippen LogP contribution in [0.2, 0.25) is 0 Å². The van der Waals surface area contributed by atoms with Crippen LogP contribution in [-0.2, 0) is 9.53 Å². The van der Waals surface area contributed by atoms with Gasteiger partial charge in [-0.25, -0.2) is 0 Å². The van der Waals surface area contributed by atoms with Crippen LogP contribution in [0.25, 0.3) is 0 Å². The van der Waals surface area contributed by atoms with Crippen LogP contribution < -0.4 is 10.1 Å². The first-order valence-electron chi connectivity index (χ1n) is 9.25. The number of ether oxygens (including phenoxy) is 2. The summed E-state index contributed by atoms with van der Waals surface area (Å²) in [7, 11) is 9.00. The summed E-state index contributed by atoms with van der Waals surface area (Å²) in [5.41, 5.74) is 1.17. The van der Waals surface area contributed by atoms with Crippen molar-refractivity contribution < 1.29 is 14.3 Å². The van der Waals surface area contributed by atoms with Crippen LogP contribution in [0.15, 0.2) is 29.3 Å². The molecule has 0 aliphatic carbocycles. The maximum Gasteiger partial charge on any atom is 0.310 e. The average Bonchev–Trinajstić information content (AvgIpc) is 3.05. The number of guanidine groups is 1. The van der Waals surface area contributed by atoms with E-state index < -0.39 is 0 Å². The SMILES string of the molecule is CN=C(NCC(c1cccc(OC)c1)N(C)C)N1CC(C)C(C(=O)OC)C1. The minimum atomic E-state index is -0.150. The van der Waals surface area contributed by atoms with Crippen molar-refractivity contribution in [3.63, 3.8) is 0 Å². The molecule has 3 atom stereocenters. The Bertz CT molecular complexity index is 662. The predicted molar refractivity (Wildman–Crippen MR) is 107 cm³/mol. The molecular formula is C20H32N4O3. The average molecular weight is 377 g/mol. The monoisotopic (exact) mass is 376 g/mol. The number of hydrogen-bond acceptors (Lipinski definition) is 5. The maximum atomic E-state index is 12.0. The summed E-state index contributed by atoms with van der Waals surface area (Å²) in [6.45, 7) is 4.18. The van der Waals surface area contributed by atoms with E-state index in [1.807, 2.05) is 12.1 Å². The number of rotatable bonds is 6. The van der Waals surface area contributed by atoms with Crippen LogP contribution in [0.5, 0.6) is 5.75 Å². The zero-order valence-electron chi connectivity index (χ0n) is 17.2. The molecule has 1 fully saturated rings. The van der Waals surface area contributed by atoms with Crippen LogP contribution in [0.1, 0.15) is 18.5 Å². The van der Waals surface area contributed by atoms with Gasteiger partial charge < -0.3 is 24.6 Å². The van der Waals surface area contributed by atoms with Gasteiger partial charge in [0.05, 0.1) is 26.2 Å². The van der Waals surface area contributed by atoms with Crippen LogP contribution in [0.4, 0.5) is 0 Å². The Morgan fingerprint density at radius 2 is 2.11 bits per heavy atom. The highest BCUT2D eigenvalue weighted by Gasteiger charge is 2.37.